The van der Waals surface area contributed by atoms with Crippen molar-refractivity contribution in [2.24, 2.45) is 5.41 Å². The first-order chi connectivity index (χ1) is 12.6. The van der Waals surface area contributed by atoms with E-state index in [1.807, 2.05) is 0 Å². The second kappa shape index (κ2) is 6.90. The third-order valence-corrected chi connectivity index (χ3v) is 6.38. The number of hydrogen-bond donors (Lipinski definition) is 1. The van der Waals surface area contributed by atoms with E-state index >= 15 is 0 Å². The first kappa shape index (κ1) is 17.3. The number of nitrogens with one attached hydrogen (secondary N) is 1. The van der Waals surface area contributed by atoms with Crippen molar-refractivity contribution in [2.45, 2.75) is 58.8 Å². The van der Waals surface area contributed by atoms with E-state index in [-0.39, 0.29) is 5.41 Å². The molecule has 1 saturated carbocycles. The van der Waals surface area contributed by atoms with Crippen LogP contribution in [0.5, 0.6) is 0 Å². The lowest BCUT2D eigenvalue weighted by atomic mass is 9.74. The molecule has 0 atom stereocenters. The SMILES string of the molecule is Cc1ccccc1-c1n[nH]c2c1CCN(C(=O)C1(C)CCCCC1)CC2. The number of hydrogen-bond acceptors (Lipinski definition) is 2. The van der Waals surface area contributed by atoms with E-state index in [4.69, 9.17) is 0 Å². The molecule has 1 fully saturated rings. The molecule has 138 valence electrons. The van der Waals surface area contributed by atoms with Crippen LogP contribution in [0, 0.1) is 12.3 Å². The summed E-state index contributed by atoms with van der Waals surface area (Å²) in [7, 11) is 0. The van der Waals surface area contributed by atoms with E-state index in [1.165, 1.54) is 41.6 Å². The molecular weight excluding hydrogens is 322 g/mol. The van der Waals surface area contributed by atoms with Crippen molar-refractivity contribution < 1.29 is 4.79 Å². The summed E-state index contributed by atoms with van der Waals surface area (Å²) >= 11 is 0. The number of benzene rings is 1. The normalized spacial score (nSPS) is 19.7. The molecule has 0 spiro atoms. The van der Waals surface area contributed by atoms with Crippen molar-refractivity contribution in [1.82, 2.24) is 15.1 Å². The third-order valence-electron chi connectivity index (χ3n) is 6.38. The molecule has 1 amide bonds. The van der Waals surface area contributed by atoms with E-state index in [0.29, 0.717) is 5.91 Å². The Morgan fingerprint density at radius 1 is 1.12 bits per heavy atom. The molecule has 1 aromatic carbocycles. The Labute approximate surface area is 156 Å². The zero-order valence-electron chi connectivity index (χ0n) is 16.0. The fourth-order valence-electron chi connectivity index (χ4n) is 4.67. The van der Waals surface area contributed by atoms with Crippen LogP contribution in [0.1, 0.15) is 55.8 Å². The molecule has 4 rings (SSSR count). The van der Waals surface area contributed by atoms with Crippen LogP contribution < -0.4 is 0 Å². The molecule has 1 N–H and O–H groups in total. The van der Waals surface area contributed by atoms with Gasteiger partial charge in [0.1, 0.15) is 0 Å². The molecule has 0 unspecified atom stereocenters. The van der Waals surface area contributed by atoms with E-state index < -0.39 is 0 Å². The van der Waals surface area contributed by atoms with Crippen molar-refractivity contribution in [3.8, 4) is 11.3 Å². The number of carbonyl (C=O) groups excluding carboxylic acids is 1. The van der Waals surface area contributed by atoms with Crippen LogP contribution in [0.15, 0.2) is 24.3 Å². The lowest BCUT2D eigenvalue weighted by Crippen LogP contribution is -2.44. The van der Waals surface area contributed by atoms with Crippen LogP contribution in [0.25, 0.3) is 11.3 Å². The van der Waals surface area contributed by atoms with Gasteiger partial charge in [-0.2, -0.15) is 5.10 Å². The van der Waals surface area contributed by atoms with Gasteiger partial charge in [0.05, 0.1) is 5.69 Å². The quantitative estimate of drug-likeness (QED) is 0.878. The Morgan fingerprint density at radius 3 is 2.62 bits per heavy atom. The van der Waals surface area contributed by atoms with Crippen molar-refractivity contribution in [3.05, 3.63) is 41.1 Å². The first-order valence-corrected chi connectivity index (χ1v) is 10.00. The van der Waals surface area contributed by atoms with Gasteiger partial charge < -0.3 is 4.90 Å². The van der Waals surface area contributed by atoms with Gasteiger partial charge in [0.25, 0.3) is 0 Å². The summed E-state index contributed by atoms with van der Waals surface area (Å²) in [5, 5.41) is 7.87. The van der Waals surface area contributed by atoms with Gasteiger partial charge in [-0.3, -0.25) is 9.89 Å². The number of aromatic nitrogens is 2. The Balaban J connectivity index is 1.55. The summed E-state index contributed by atoms with van der Waals surface area (Å²) in [6.07, 6.45) is 7.51. The maximum atomic E-state index is 13.2. The summed E-state index contributed by atoms with van der Waals surface area (Å²) in [5.41, 5.74) is 5.86. The highest BCUT2D eigenvalue weighted by Crippen LogP contribution is 2.38. The van der Waals surface area contributed by atoms with Crippen molar-refractivity contribution >= 4 is 5.91 Å². The Kier molecular flexibility index (Phi) is 4.60. The van der Waals surface area contributed by atoms with Gasteiger partial charge in [-0.1, -0.05) is 50.5 Å². The summed E-state index contributed by atoms with van der Waals surface area (Å²) in [6.45, 7) is 5.92. The molecule has 0 saturated heterocycles. The maximum absolute atomic E-state index is 13.2. The topological polar surface area (TPSA) is 49.0 Å². The van der Waals surface area contributed by atoms with Gasteiger partial charge >= 0.3 is 0 Å². The van der Waals surface area contributed by atoms with Gasteiger partial charge in [-0.25, -0.2) is 0 Å². The number of rotatable bonds is 2. The molecular formula is C22H29N3O. The lowest BCUT2D eigenvalue weighted by Gasteiger charge is -2.36. The van der Waals surface area contributed by atoms with Crippen LogP contribution in [0.3, 0.4) is 0 Å². The van der Waals surface area contributed by atoms with E-state index in [9.17, 15) is 4.79 Å². The predicted molar refractivity (Wildman–Crippen MR) is 104 cm³/mol. The van der Waals surface area contributed by atoms with Gasteiger partial charge in [-0.15, -0.1) is 0 Å². The summed E-state index contributed by atoms with van der Waals surface area (Å²) in [4.78, 5) is 15.3. The minimum atomic E-state index is -0.145. The molecule has 2 aromatic rings. The maximum Gasteiger partial charge on any atom is 0.228 e. The minimum Gasteiger partial charge on any atom is -0.342 e. The van der Waals surface area contributed by atoms with E-state index in [0.717, 1.165) is 44.5 Å². The second-order valence-corrected chi connectivity index (χ2v) is 8.26. The van der Waals surface area contributed by atoms with Gasteiger partial charge in [0.15, 0.2) is 0 Å². The molecule has 2 heterocycles. The molecule has 4 heteroatoms. The number of aryl methyl sites for hydroxylation is 1. The standard InChI is InChI=1S/C22H29N3O/c1-16-8-4-5-9-17(16)20-18-10-14-25(15-11-19(18)23-24-20)21(26)22(2)12-6-3-7-13-22/h4-5,8-9H,3,6-7,10-15H2,1-2H3,(H,23,24). The highest BCUT2D eigenvalue weighted by molar-refractivity contribution is 5.82. The number of fused-ring (bicyclic) bond motifs is 1. The van der Waals surface area contributed by atoms with Crippen LogP contribution >= 0.6 is 0 Å². The van der Waals surface area contributed by atoms with Crippen LogP contribution in [0.2, 0.25) is 0 Å². The molecule has 26 heavy (non-hydrogen) atoms. The molecule has 2 aliphatic rings. The number of H-pyrrole nitrogens is 1. The molecule has 1 aliphatic heterocycles. The summed E-state index contributed by atoms with van der Waals surface area (Å²) in [5.74, 6) is 0.368. The molecule has 0 bridgehead atoms. The largest absolute Gasteiger partial charge is 0.342 e. The van der Waals surface area contributed by atoms with Crippen LogP contribution in [-0.2, 0) is 17.6 Å². The molecule has 1 aliphatic carbocycles. The zero-order valence-corrected chi connectivity index (χ0v) is 16.0. The van der Waals surface area contributed by atoms with Crippen molar-refractivity contribution in [2.75, 3.05) is 13.1 Å². The van der Waals surface area contributed by atoms with Crippen molar-refractivity contribution in [1.29, 1.82) is 0 Å². The van der Waals surface area contributed by atoms with Crippen molar-refractivity contribution in [3.63, 3.8) is 0 Å². The van der Waals surface area contributed by atoms with Crippen LogP contribution in [0.4, 0.5) is 0 Å². The first-order valence-electron chi connectivity index (χ1n) is 10.00. The number of nitrogens with zero attached hydrogens (tertiary/aromatic N) is 2. The monoisotopic (exact) mass is 351 g/mol. The van der Waals surface area contributed by atoms with E-state index in [1.54, 1.807) is 0 Å². The highest BCUT2D eigenvalue weighted by atomic mass is 16.2. The predicted octanol–water partition coefficient (Wildman–Crippen LogP) is 4.28. The molecule has 0 radical (unpaired) electrons. The van der Waals surface area contributed by atoms with Gasteiger partial charge in [0.2, 0.25) is 5.91 Å². The number of amides is 1. The minimum absolute atomic E-state index is 0.145. The average molecular weight is 351 g/mol. The van der Waals surface area contributed by atoms with Gasteiger partial charge in [0, 0.05) is 41.7 Å². The Bertz CT molecular complexity index is 801. The second-order valence-electron chi connectivity index (χ2n) is 8.26. The molecule has 4 nitrogen and oxygen atoms in total. The highest BCUT2D eigenvalue weighted by Gasteiger charge is 2.38. The summed E-state index contributed by atoms with van der Waals surface area (Å²) in [6, 6.07) is 8.41. The average Bonchev–Trinajstić information content (AvgIpc) is 2.93. The fourth-order valence-corrected chi connectivity index (χ4v) is 4.67. The zero-order chi connectivity index (χ0) is 18.1. The number of carbonyl (C=O) groups is 1. The third kappa shape index (κ3) is 3.06. The smallest absolute Gasteiger partial charge is 0.228 e. The molecule has 1 aromatic heterocycles. The van der Waals surface area contributed by atoms with Crippen LogP contribution in [-0.4, -0.2) is 34.1 Å². The Morgan fingerprint density at radius 2 is 1.85 bits per heavy atom. The van der Waals surface area contributed by atoms with E-state index in [2.05, 4.69) is 53.2 Å². The Hall–Kier alpha value is -2.10. The number of aromatic amines is 1. The lowest BCUT2D eigenvalue weighted by molar-refractivity contribution is -0.143. The summed E-state index contributed by atoms with van der Waals surface area (Å²) < 4.78 is 0. The fraction of sp³-hybridized carbons (Fsp3) is 0.545. The van der Waals surface area contributed by atoms with Gasteiger partial charge in [-0.05, 0) is 31.7 Å².